The number of nitrogens with one attached hydrogen (secondary N) is 1. The highest BCUT2D eigenvalue weighted by molar-refractivity contribution is 5.17. The van der Waals surface area contributed by atoms with Gasteiger partial charge in [-0.05, 0) is 0 Å². The standard InChI is InChI=1S/C3HF2N6/c4-1-7-2(5)9-3(8-1)10-11-6/h(H-,6,7,8,9,10)/q+1. The highest BCUT2D eigenvalue weighted by Crippen LogP contribution is 1.96. The Kier molecular flexibility index (Phi) is 1.88. The van der Waals surface area contributed by atoms with Crippen LogP contribution in [0.3, 0.4) is 0 Å². The predicted molar refractivity (Wildman–Crippen MR) is 28.9 cm³/mol. The number of hydrogen-bond acceptors (Lipinski definition) is 4. The Morgan fingerprint density at radius 2 is 1.73 bits per heavy atom. The van der Waals surface area contributed by atoms with Gasteiger partial charge in [0.15, 0.2) is 0 Å². The molecule has 0 aromatic carbocycles. The molecule has 0 amide bonds. The average Bonchev–Trinajstić information content (AvgIpc) is 1.85. The fourth-order valence-corrected chi connectivity index (χ4v) is 0.421. The first kappa shape index (κ1) is 7.29. The normalized spacial score (nSPS) is 8.91. The van der Waals surface area contributed by atoms with E-state index in [-0.39, 0.29) is 0 Å². The van der Waals surface area contributed by atoms with Crippen LogP contribution in [0.15, 0.2) is 0 Å². The van der Waals surface area contributed by atoms with Gasteiger partial charge in [0.1, 0.15) is 0 Å². The quantitative estimate of drug-likeness (QED) is 0.479. The molecule has 1 aromatic rings. The number of aromatic nitrogens is 3. The summed E-state index contributed by atoms with van der Waals surface area (Å²) in [6, 6.07) is 0. The van der Waals surface area contributed by atoms with Crippen molar-refractivity contribution in [2.75, 3.05) is 5.43 Å². The Morgan fingerprint density at radius 1 is 1.18 bits per heavy atom. The summed E-state index contributed by atoms with van der Waals surface area (Å²) in [7, 11) is 0. The first-order valence-corrected chi connectivity index (χ1v) is 2.39. The molecule has 0 fully saturated rings. The van der Waals surface area contributed by atoms with Crippen LogP contribution in [0.2, 0.25) is 0 Å². The predicted octanol–water partition coefficient (Wildman–Crippen LogP) is -0.166. The molecule has 1 N–H and O–H groups in total. The minimum atomic E-state index is -1.29. The van der Waals surface area contributed by atoms with Crippen molar-refractivity contribution in [2.45, 2.75) is 0 Å². The average molecular weight is 159 g/mol. The lowest BCUT2D eigenvalue weighted by molar-refractivity contribution is 0.457. The van der Waals surface area contributed by atoms with Gasteiger partial charge in [0.05, 0.1) is 5.43 Å². The van der Waals surface area contributed by atoms with Crippen LogP contribution in [-0.2, 0) is 0 Å². The number of halogens is 2. The van der Waals surface area contributed by atoms with E-state index in [4.69, 9.17) is 5.53 Å². The summed E-state index contributed by atoms with van der Waals surface area (Å²) in [5.41, 5.74) is 9.60. The van der Waals surface area contributed by atoms with Crippen molar-refractivity contribution in [3.05, 3.63) is 17.7 Å². The molecule has 0 saturated heterocycles. The lowest BCUT2D eigenvalue weighted by Crippen LogP contribution is -2.07. The van der Waals surface area contributed by atoms with Gasteiger partial charge in [0.25, 0.3) is 11.5 Å². The summed E-state index contributed by atoms with van der Waals surface area (Å²) in [5, 5.41) is 2.35. The highest BCUT2D eigenvalue weighted by atomic mass is 19.1. The van der Waals surface area contributed by atoms with Gasteiger partial charge in [-0.2, -0.15) is 23.7 Å². The van der Waals surface area contributed by atoms with Crippen LogP contribution in [0.25, 0.3) is 5.53 Å². The molecule has 0 saturated carbocycles. The van der Waals surface area contributed by atoms with Crippen molar-refractivity contribution in [3.63, 3.8) is 0 Å². The van der Waals surface area contributed by atoms with Gasteiger partial charge in [-0.3, -0.25) is 0 Å². The van der Waals surface area contributed by atoms with Crippen molar-refractivity contribution in [1.82, 2.24) is 20.2 Å². The van der Waals surface area contributed by atoms with Gasteiger partial charge in [-0.25, -0.2) is 0 Å². The van der Waals surface area contributed by atoms with Crippen molar-refractivity contribution in [1.29, 1.82) is 0 Å². The second-order valence-electron chi connectivity index (χ2n) is 1.41. The SMILES string of the molecule is [N-]=[N+2]Nc1nc(F)nc(F)n1. The van der Waals surface area contributed by atoms with E-state index in [9.17, 15) is 8.78 Å². The summed E-state index contributed by atoms with van der Waals surface area (Å²) in [4.78, 5) is 8.46. The molecule has 0 bridgehead atoms. The van der Waals surface area contributed by atoms with Crippen LogP contribution < -0.4 is 10.6 Å². The van der Waals surface area contributed by atoms with Crippen LogP contribution in [0.5, 0.6) is 0 Å². The second kappa shape index (κ2) is 2.84. The van der Waals surface area contributed by atoms with E-state index in [0.29, 0.717) is 0 Å². The van der Waals surface area contributed by atoms with Crippen molar-refractivity contribution >= 4 is 5.95 Å². The van der Waals surface area contributed by atoms with Crippen molar-refractivity contribution < 1.29 is 8.78 Å². The Hall–Kier alpha value is -1.82. The molecule has 6 nitrogen and oxygen atoms in total. The zero-order valence-electron chi connectivity index (χ0n) is 4.99. The molecule has 0 aliphatic carbocycles. The maximum atomic E-state index is 12.1. The third kappa shape index (κ3) is 1.80. The summed E-state index contributed by atoms with van der Waals surface area (Å²) in [6.07, 6.45) is -2.58. The monoisotopic (exact) mass is 159 g/mol. The maximum Gasteiger partial charge on any atom is 0.427 e. The molecule has 11 heavy (non-hydrogen) atoms. The zero-order valence-corrected chi connectivity index (χ0v) is 4.99. The Morgan fingerprint density at radius 3 is 2.18 bits per heavy atom. The molecular weight excluding hydrogens is 158 g/mol. The van der Waals surface area contributed by atoms with E-state index in [0.717, 1.165) is 0 Å². The molecule has 0 aliphatic heterocycles. The number of hydrogen-bond donors (Lipinski definition) is 1. The molecule has 8 heteroatoms. The summed E-state index contributed by atoms with van der Waals surface area (Å²) < 4.78 is 24.2. The topological polar surface area (TPSA) is 87.1 Å². The van der Waals surface area contributed by atoms with Crippen LogP contribution >= 0.6 is 0 Å². The molecule has 56 valence electrons. The number of nitrogens with zero attached hydrogens (tertiary/aromatic N) is 5. The lowest BCUT2D eigenvalue weighted by Gasteiger charge is -1.88. The minimum Gasteiger partial charge on any atom is -0.177 e. The van der Waals surface area contributed by atoms with Gasteiger partial charge in [-0.1, -0.05) is 0 Å². The van der Waals surface area contributed by atoms with Crippen LogP contribution in [-0.4, -0.2) is 15.0 Å². The smallest absolute Gasteiger partial charge is 0.177 e. The zero-order chi connectivity index (χ0) is 8.27. The third-order valence-corrected chi connectivity index (χ3v) is 0.731. The van der Waals surface area contributed by atoms with E-state index < -0.39 is 18.1 Å². The van der Waals surface area contributed by atoms with Crippen LogP contribution in [0.1, 0.15) is 0 Å². The number of anilines is 1. The van der Waals surface area contributed by atoms with Gasteiger partial charge in [0.2, 0.25) is 0 Å². The largest absolute Gasteiger partial charge is 0.427 e. The number of rotatable bonds is 2. The maximum absolute atomic E-state index is 12.1. The van der Waals surface area contributed by atoms with Gasteiger partial charge in [0, 0.05) is 0 Å². The molecule has 1 aromatic heterocycles. The fourth-order valence-electron chi connectivity index (χ4n) is 0.421. The molecular formula is C3HF2N6+. The van der Waals surface area contributed by atoms with E-state index in [1.165, 1.54) is 0 Å². The van der Waals surface area contributed by atoms with E-state index in [2.05, 4.69) is 20.2 Å². The van der Waals surface area contributed by atoms with E-state index in [1.54, 1.807) is 5.43 Å². The Balaban J connectivity index is 2.98. The molecule has 0 atom stereocenters. The summed E-state index contributed by atoms with van der Waals surface area (Å²) >= 11 is 0. The molecule has 0 spiro atoms. The highest BCUT2D eigenvalue weighted by Gasteiger charge is 2.08. The molecule has 0 radical (unpaired) electrons. The fraction of sp³-hybridized carbons (Fsp3) is 0. The van der Waals surface area contributed by atoms with Crippen LogP contribution in [0.4, 0.5) is 14.7 Å². The first-order chi connectivity index (χ1) is 5.22. The van der Waals surface area contributed by atoms with Crippen LogP contribution in [0, 0.1) is 12.2 Å². The van der Waals surface area contributed by atoms with Gasteiger partial charge in [-0.15, -0.1) is 0 Å². The molecule has 0 unspecified atom stereocenters. The minimum absolute atomic E-state index is 0.502. The lowest BCUT2D eigenvalue weighted by atomic mass is 10.9. The van der Waals surface area contributed by atoms with Crippen molar-refractivity contribution in [2.24, 2.45) is 0 Å². The molecule has 1 heterocycles. The second-order valence-corrected chi connectivity index (χ2v) is 1.41. The summed E-state index contributed by atoms with van der Waals surface area (Å²) in [5.74, 6) is -0.502. The third-order valence-electron chi connectivity index (χ3n) is 0.731. The Bertz CT molecular complexity index is 254. The van der Waals surface area contributed by atoms with Gasteiger partial charge >= 0.3 is 17.4 Å². The van der Waals surface area contributed by atoms with E-state index in [1.807, 2.05) is 0 Å². The van der Waals surface area contributed by atoms with E-state index >= 15 is 0 Å². The molecule has 1 rings (SSSR count). The summed E-state index contributed by atoms with van der Waals surface area (Å²) in [6.45, 7) is 0. The Labute approximate surface area is 59.2 Å². The first-order valence-electron chi connectivity index (χ1n) is 2.39. The molecule has 0 aliphatic rings. The van der Waals surface area contributed by atoms with Crippen molar-refractivity contribution in [3.8, 4) is 0 Å². The van der Waals surface area contributed by atoms with Gasteiger partial charge < -0.3 is 0 Å².